The predicted octanol–water partition coefficient (Wildman–Crippen LogP) is 0.606. The largest absolute Gasteiger partial charge is 0.508 e. The standard InChI is InChI=1S/C75H92ClN11O27/c1-29(2)18-42(87(9)86-106)67(99)84-56-58(93)34-13-17-45(40(76)20-34)110-47-22-35-21-46(62(47)114-73-63(60(95)59(94)48(28-88)111-73)113-51-27-75(6,79-8)65(97)31(4)108-51)109-37-14-10-32(11-15-37)61(112-50-26-74(5,78-7)64(96)30(3)107-50)57-71(103)83-55(72(104)105)39-23-36(89)24-44(91)52(39)38-19-33(12-16-43(38)90)53(68(100)85-57)82-69(101)54(35)81-66(98)41(25-49(77)92)80-70(56)102/h10-17,19-24,29-31,41-42,48,50-51,53-61,63-65,73,78-79,88-91,93-97H,18,25-28H2,1-9H3,(H2,77,92)(H,80,102)(H,81,98)(H,82,101)(H,83,103)(H,84,99)(H,85,100)(H,104,105)/t30-,31-,41-,42+,48+,50-,51-,53+,54+,55?,56+,57-,58+,59+,60-,61+,63+,64-,65-,73-,74-,75-/m0/s1. The average Bonchev–Trinajstić information content (AvgIpc) is 0.767. The van der Waals surface area contributed by atoms with E-state index in [0.29, 0.717) is 0 Å². The Hall–Kier alpha value is -10.2. The molecule has 38 nitrogen and oxygen atoms in total. The molecule has 8 heterocycles. The minimum absolute atomic E-state index is 0.0252. The molecule has 13 rings (SSSR count). The van der Waals surface area contributed by atoms with Crippen molar-refractivity contribution in [3.63, 3.8) is 0 Å². The molecule has 114 heavy (non-hydrogen) atoms. The minimum atomic E-state index is -2.37. The van der Waals surface area contributed by atoms with Gasteiger partial charge in [-0.1, -0.05) is 49.7 Å². The zero-order chi connectivity index (χ0) is 83.0. The molecule has 5 aromatic rings. The molecule has 0 radical (unpaired) electrons. The second-order valence-electron chi connectivity index (χ2n) is 29.8. The summed E-state index contributed by atoms with van der Waals surface area (Å²) in [5.41, 5.74) is 0.880. The normalized spacial score (nSPS) is 31.4. The van der Waals surface area contributed by atoms with Gasteiger partial charge in [-0.05, 0) is 131 Å². The van der Waals surface area contributed by atoms with E-state index < -0.39 is 255 Å². The number of ether oxygens (including phenoxy) is 8. The molecule has 616 valence electrons. The first-order chi connectivity index (χ1) is 53.9. The maximum Gasteiger partial charge on any atom is 0.330 e. The summed E-state index contributed by atoms with van der Waals surface area (Å²) < 4.78 is 52.2. The van der Waals surface area contributed by atoms with Crippen LogP contribution in [0.3, 0.4) is 0 Å². The van der Waals surface area contributed by atoms with Crippen molar-refractivity contribution in [3.05, 3.63) is 123 Å². The van der Waals surface area contributed by atoms with E-state index in [0.717, 1.165) is 53.5 Å². The summed E-state index contributed by atoms with van der Waals surface area (Å²) in [4.78, 5) is 132. The SMILES string of the molecule is CN[C@@]1(C)C[C@H](O[C@H]2[C@H](Oc3c4cc5cc3Oc3ccc(cc3Cl)[C@@H](O)[C@@H](NC(=O)[C@@H](CC(C)C)N(C)N=O)C(=O)N[C@@H](CC(N)=O)C(=O)N[C@H]5C(=O)N[C@H]3C(=O)N[C@H](C(=O)NC(C(=O)O)c5cc(O)cc(O)c5-c5cc3ccc5O)[C@H](O[C@H]3C[C@](C)(NC)[C@@H](O)[C@H](C)O3)c3ccc(cc3)O4)O[C@H](CO)[C@@H](O)[C@@H]2O)O[C@@H](C)[C@@H]1O. The van der Waals surface area contributed by atoms with Gasteiger partial charge in [0.2, 0.25) is 53.4 Å². The van der Waals surface area contributed by atoms with Crippen LogP contribution in [0, 0.1) is 10.8 Å². The van der Waals surface area contributed by atoms with Gasteiger partial charge in [0.1, 0.15) is 95.5 Å². The van der Waals surface area contributed by atoms with Gasteiger partial charge < -0.3 is 137 Å². The molecule has 8 aliphatic rings. The average molecular weight is 1620 g/mol. The highest BCUT2D eigenvalue weighted by molar-refractivity contribution is 6.32. The number of benzene rings is 5. The number of phenols is 3. The molecule has 0 saturated carbocycles. The number of rotatable bonds is 18. The first-order valence-corrected chi connectivity index (χ1v) is 36.8. The van der Waals surface area contributed by atoms with Crippen LogP contribution in [0.1, 0.15) is 125 Å². The number of aliphatic carboxylic acids is 1. The molecule has 0 aliphatic carbocycles. The molecule has 7 amide bonds. The molecule has 5 aromatic carbocycles. The Balaban J connectivity index is 1.18. The second kappa shape index (κ2) is 34.5. The number of nitrogens with one attached hydrogen (secondary N) is 8. The lowest BCUT2D eigenvalue weighted by Crippen LogP contribution is -2.65. The number of nitroso groups, excluding NO2 is 1. The molecule has 39 heteroatoms. The molecule has 0 aromatic heterocycles. The number of carboxylic acids is 1. The van der Waals surface area contributed by atoms with E-state index in [-0.39, 0.29) is 53.4 Å². The van der Waals surface area contributed by atoms with Crippen molar-refractivity contribution in [2.45, 2.75) is 201 Å². The van der Waals surface area contributed by atoms with Gasteiger partial charge in [-0.25, -0.2) is 4.79 Å². The highest BCUT2D eigenvalue weighted by Gasteiger charge is 2.53. The van der Waals surface area contributed by atoms with E-state index >= 15 is 24.0 Å². The summed E-state index contributed by atoms with van der Waals surface area (Å²) in [7, 11) is 4.32. The van der Waals surface area contributed by atoms with Crippen LogP contribution in [-0.4, -0.2) is 234 Å². The van der Waals surface area contributed by atoms with Crippen molar-refractivity contribution in [2.24, 2.45) is 16.9 Å². The number of carbonyl (C=O) groups excluding carboxylic acids is 7. The van der Waals surface area contributed by atoms with Crippen LogP contribution in [0.2, 0.25) is 5.02 Å². The number of nitrogens with two attached hydrogens (primary N) is 1. The van der Waals surface area contributed by atoms with Gasteiger partial charge in [0.15, 0.2) is 36.2 Å². The van der Waals surface area contributed by atoms with Gasteiger partial charge in [-0.3, -0.25) is 38.6 Å². The lowest BCUT2D eigenvalue weighted by Gasteiger charge is -2.48. The molecule has 22 atom stereocenters. The summed E-state index contributed by atoms with van der Waals surface area (Å²) in [6, 6.07) is 0.794. The first kappa shape index (κ1) is 84.7. The summed E-state index contributed by atoms with van der Waals surface area (Å²) in [5, 5.41) is 140. The summed E-state index contributed by atoms with van der Waals surface area (Å²) in [5.74, 6) is -16.2. The van der Waals surface area contributed by atoms with Crippen molar-refractivity contribution in [1.82, 2.24) is 47.5 Å². The Kier molecular flexibility index (Phi) is 25.6. The number of hydrogen-bond donors (Lipinski definition) is 19. The van der Waals surface area contributed by atoms with E-state index in [1.54, 1.807) is 48.7 Å². The number of fused-ring (bicyclic) bond motifs is 15. The number of carbonyl (C=O) groups is 8. The second-order valence-corrected chi connectivity index (χ2v) is 30.2. The number of halogens is 1. The number of amides is 7. The van der Waals surface area contributed by atoms with Crippen molar-refractivity contribution >= 4 is 58.9 Å². The minimum Gasteiger partial charge on any atom is -0.508 e. The predicted molar refractivity (Wildman–Crippen MR) is 395 cm³/mol. The topological polar surface area (TPSA) is 568 Å². The van der Waals surface area contributed by atoms with Crippen molar-refractivity contribution in [1.29, 1.82) is 0 Å². The molecule has 20 N–H and O–H groups in total. The third-order valence-electron chi connectivity index (χ3n) is 21.3. The summed E-state index contributed by atoms with van der Waals surface area (Å²) in [6.07, 6.45) is -22.0. The van der Waals surface area contributed by atoms with Crippen LogP contribution in [0.4, 0.5) is 0 Å². The van der Waals surface area contributed by atoms with Crippen molar-refractivity contribution < 1.29 is 127 Å². The fraction of sp³-hybridized carbons (Fsp3) is 0.493. The number of aromatic hydroxyl groups is 3. The molecule has 3 saturated heterocycles. The number of hydrogen-bond acceptors (Lipinski definition) is 29. The van der Waals surface area contributed by atoms with Crippen LogP contribution >= 0.6 is 11.6 Å². The Bertz CT molecular complexity index is 4490. The van der Waals surface area contributed by atoms with E-state index in [4.69, 9.17) is 55.2 Å². The fourth-order valence-corrected chi connectivity index (χ4v) is 15.0. The lowest BCUT2D eigenvalue weighted by molar-refractivity contribution is -0.334. The molecule has 11 bridgehead atoms. The Morgan fingerprint density at radius 2 is 1.29 bits per heavy atom. The van der Waals surface area contributed by atoms with Crippen LogP contribution in [0.5, 0.6) is 46.0 Å². The molecule has 3 fully saturated rings. The molecular formula is C75H92ClN11O27. The molecule has 1 unspecified atom stereocenters. The van der Waals surface area contributed by atoms with Crippen LogP contribution in [-0.2, 0) is 62.0 Å². The van der Waals surface area contributed by atoms with E-state index in [1.165, 1.54) is 50.4 Å². The molecular weight excluding hydrogens is 1520 g/mol. The zero-order valence-electron chi connectivity index (χ0n) is 63.0. The maximum atomic E-state index is 16.4. The smallest absolute Gasteiger partial charge is 0.330 e. The van der Waals surface area contributed by atoms with Crippen molar-refractivity contribution in [2.75, 3.05) is 27.7 Å². The van der Waals surface area contributed by atoms with Gasteiger partial charge >= 0.3 is 5.97 Å². The Morgan fingerprint density at radius 1 is 0.693 bits per heavy atom. The Labute approximate surface area is 656 Å². The summed E-state index contributed by atoms with van der Waals surface area (Å²) >= 11 is 7.15. The van der Waals surface area contributed by atoms with Gasteiger partial charge in [-0.2, -0.15) is 0 Å². The number of primary amides is 1. The van der Waals surface area contributed by atoms with E-state index in [9.17, 15) is 70.4 Å². The quantitative estimate of drug-likeness (QED) is 0.0422. The summed E-state index contributed by atoms with van der Waals surface area (Å²) in [6.45, 7) is 8.87. The highest BCUT2D eigenvalue weighted by Crippen LogP contribution is 2.50. The van der Waals surface area contributed by atoms with Gasteiger partial charge in [-0.15, -0.1) is 4.91 Å². The number of aliphatic hydroxyl groups excluding tert-OH is 6. The number of likely N-dealkylation sites (N-methyl/N-ethyl adjacent to an activating group) is 3. The third kappa shape index (κ3) is 17.7. The van der Waals surface area contributed by atoms with E-state index in [2.05, 4.69) is 47.8 Å². The third-order valence-corrected chi connectivity index (χ3v) is 21.6. The fourth-order valence-electron chi connectivity index (χ4n) is 14.8. The molecule has 8 aliphatic heterocycles. The van der Waals surface area contributed by atoms with Crippen LogP contribution in [0.15, 0.2) is 90.2 Å². The van der Waals surface area contributed by atoms with Gasteiger partial charge in [0, 0.05) is 53.7 Å². The number of phenolic OH excluding ortho intramolecular Hbond substituents is 3. The van der Waals surface area contributed by atoms with Crippen LogP contribution in [0.25, 0.3) is 11.1 Å². The number of nitrogens with zero attached hydrogens (tertiary/aromatic N) is 2. The number of carboxylic acid groups (broad SMARTS) is 1. The molecule has 0 spiro atoms. The number of aliphatic hydroxyl groups is 6. The highest BCUT2D eigenvalue weighted by atomic mass is 35.5. The maximum absolute atomic E-state index is 16.4. The van der Waals surface area contributed by atoms with Gasteiger partial charge in [0.05, 0.1) is 47.8 Å². The zero-order valence-corrected chi connectivity index (χ0v) is 63.8. The lowest BCUT2D eigenvalue weighted by atomic mass is 9.85. The van der Waals surface area contributed by atoms with Crippen molar-refractivity contribution in [3.8, 4) is 57.1 Å². The van der Waals surface area contributed by atoms with Crippen LogP contribution < -0.4 is 62.5 Å². The monoisotopic (exact) mass is 1610 g/mol. The first-order valence-electron chi connectivity index (χ1n) is 36.4. The van der Waals surface area contributed by atoms with E-state index in [1.807, 2.05) is 0 Å². The Morgan fingerprint density at radius 3 is 1.89 bits per heavy atom. The van der Waals surface area contributed by atoms with Gasteiger partial charge in [0.25, 0.3) is 0 Å².